The fourth-order valence-corrected chi connectivity index (χ4v) is 4.92. The van der Waals surface area contributed by atoms with Gasteiger partial charge in [0, 0.05) is 50.3 Å². The molecule has 2 aromatic heterocycles. The summed E-state index contributed by atoms with van der Waals surface area (Å²) in [5.74, 6) is 0.846. The molecule has 1 saturated carbocycles. The summed E-state index contributed by atoms with van der Waals surface area (Å²) < 4.78 is 19.7. The highest BCUT2D eigenvalue weighted by atomic mass is 32.2. The quantitative estimate of drug-likeness (QED) is 0.520. The molecular formula is C23H23N3O3S. The molecule has 0 aliphatic heterocycles. The van der Waals surface area contributed by atoms with Gasteiger partial charge in [-0.25, -0.2) is 0 Å². The van der Waals surface area contributed by atoms with Crippen LogP contribution in [-0.4, -0.2) is 26.1 Å². The lowest BCUT2D eigenvalue weighted by Gasteiger charge is -2.11. The van der Waals surface area contributed by atoms with Gasteiger partial charge in [0.25, 0.3) is 5.91 Å². The maximum atomic E-state index is 12.5. The number of aromatic nitrogens is 2. The lowest BCUT2D eigenvalue weighted by Crippen LogP contribution is -2.14. The van der Waals surface area contributed by atoms with E-state index in [1.165, 1.54) is 12.8 Å². The third-order valence-corrected chi connectivity index (χ3v) is 6.90. The maximum Gasteiger partial charge on any atom is 0.250 e. The van der Waals surface area contributed by atoms with E-state index >= 15 is 0 Å². The summed E-state index contributed by atoms with van der Waals surface area (Å²) in [5.41, 5.74) is 10.7. The number of nitrogens with two attached hydrogens (primary N) is 1. The van der Waals surface area contributed by atoms with Gasteiger partial charge >= 0.3 is 0 Å². The number of benzene rings is 2. The Kier molecular flexibility index (Phi) is 4.32. The van der Waals surface area contributed by atoms with E-state index in [4.69, 9.17) is 10.3 Å². The van der Waals surface area contributed by atoms with Gasteiger partial charge in [-0.3, -0.25) is 9.00 Å². The van der Waals surface area contributed by atoms with Gasteiger partial charge in [-0.2, -0.15) is 0 Å². The van der Waals surface area contributed by atoms with Gasteiger partial charge in [0.15, 0.2) is 0 Å². The summed E-state index contributed by atoms with van der Waals surface area (Å²) in [6.45, 7) is 4.59. The number of primary amides is 1. The predicted molar refractivity (Wildman–Crippen MR) is 118 cm³/mol. The summed E-state index contributed by atoms with van der Waals surface area (Å²) >= 11 is 0. The summed E-state index contributed by atoms with van der Waals surface area (Å²) in [6.07, 6.45) is 4.07. The topological polar surface area (TPSA) is 91.1 Å². The number of hydrogen-bond donors (Lipinski definition) is 1. The van der Waals surface area contributed by atoms with Crippen molar-refractivity contribution < 1.29 is 13.5 Å². The van der Waals surface area contributed by atoms with Crippen molar-refractivity contribution >= 4 is 38.5 Å². The molecule has 7 heteroatoms. The van der Waals surface area contributed by atoms with Gasteiger partial charge in [0.1, 0.15) is 5.76 Å². The zero-order valence-corrected chi connectivity index (χ0v) is 18.0. The van der Waals surface area contributed by atoms with Crippen molar-refractivity contribution in [3.63, 3.8) is 0 Å². The van der Waals surface area contributed by atoms with Crippen LogP contribution in [0.25, 0.3) is 32.9 Å². The van der Waals surface area contributed by atoms with Crippen LogP contribution < -0.4 is 5.73 Å². The zero-order valence-electron chi connectivity index (χ0n) is 17.2. The number of rotatable bonds is 5. The molecule has 1 amide bonds. The maximum absolute atomic E-state index is 12.5. The standard InChI is InChI=1S/C23H23N3O3S/c1-12-21(13(2)29-25-12)15-8-18-17-10-16(30(3)28)6-7-20(17)26(11-14-4-5-14)22(18)19(9-15)23(24)27/h6-10,14H,4-5,11H2,1-3H3,(H2,24,27). The first-order valence-electron chi connectivity index (χ1n) is 10.0. The Morgan fingerprint density at radius 1 is 1.23 bits per heavy atom. The van der Waals surface area contributed by atoms with Gasteiger partial charge in [0.05, 0.1) is 16.8 Å². The second kappa shape index (κ2) is 6.80. The Morgan fingerprint density at radius 2 is 2.00 bits per heavy atom. The van der Waals surface area contributed by atoms with Crippen molar-refractivity contribution in [1.82, 2.24) is 9.72 Å². The minimum Gasteiger partial charge on any atom is -0.366 e. The third kappa shape index (κ3) is 2.96. The number of fused-ring (bicyclic) bond motifs is 3. The molecular weight excluding hydrogens is 398 g/mol. The molecule has 4 aromatic rings. The second-order valence-corrected chi connectivity index (χ2v) is 9.55. The summed E-state index contributed by atoms with van der Waals surface area (Å²) in [6, 6.07) is 9.80. The van der Waals surface area contributed by atoms with Crippen LogP contribution in [0.4, 0.5) is 0 Å². The molecule has 30 heavy (non-hydrogen) atoms. The predicted octanol–water partition coefficient (Wildman–Crippen LogP) is 4.31. The highest BCUT2D eigenvalue weighted by Gasteiger charge is 2.26. The molecule has 6 nitrogen and oxygen atoms in total. The fraction of sp³-hybridized carbons (Fsp3) is 0.304. The highest BCUT2D eigenvalue weighted by Crippen LogP contribution is 2.40. The highest BCUT2D eigenvalue weighted by molar-refractivity contribution is 7.84. The molecule has 1 unspecified atom stereocenters. The van der Waals surface area contributed by atoms with E-state index in [1.807, 2.05) is 38.1 Å². The van der Waals surface area contributed by atoms with Crippen LogP contribution in [0.15, 0.2) is 39.8 Å². The number of aryl methyl sites for hydroxylation is 2. The van der Waals surface area contributed by atoms with Crippen LogP contribution in [0.3, 0.4) is 0 Å². The van der Waals surface area contributed by atoms with Gasteiger partial charge in [0.2, 0.25) is 0 Å². The Balaban J connectivity index is 1.91. The van der Waals surface area contributed by atoms with Crippen molar-refractivity contribution in [2.75, 3.05) is 6.26 Å². The van der Waals surface area contributed by atoms with E-state index in [-0.39, 0.29) is 0 Å². The minimum atomic E-state index is -1.10. The van der Waals surface area contributed by atoms with Crippen LogP contribution in [0.1, 0.15) is 34.7 Å². The number of carbonyl (C=O) groups excluding carboxylic acids is 1. The van der Waals surface area contributed by atoms with E-state index in [9.17, 15) is 9.00 Å². The lowest BCUT2D eigenvalue weighted by atomic mass is 9.98. The number of nitrogens with zero attached hydrogens (tertiary/aromatic N) is 2. The van der Waals surface area contributed by atoms with E-state index in [0.29, 0.717) is 17.2 Å². The monoisotopic (exact) mass is 421 g/mol. The van der Waals surface area contributed by atoms with Crippen LogP contribution >= 0.6 is 0 Å². The molecule has 1 atom stereocenters. The van der Waals surface area contributed by atoms with Crippen molar-refractivity contribution in [2.24, 2.45) is 11.7 Å². The van der Waals surface area contributed by atoms with Crippen LogP contribution in [0.5, 0.6) is 0 Å². The Morgan fingerprint density at radius 3 is 2.60 bits per heavy atom. The Labute approximate surface area is 176 Å². The summed E-state index contributed by atoms with van der Waals surface area (Å²) in [5, 5.41) is 5.98. The second-order valence-electron chi connectivity index (χ2n) is 8.17. The fourth-order valence-electron chi connectivity index (χ4n) is 4.37. The van der Waals surface area contributed by atoms with E-state index in [2.05, 4.69) is 15.8 Å². The number of carbonyl (C=O) groups is 1. The molecule has 154 valence electrons. The van der Waals surface area contributed by atoms with Crippen LogP contribution in [-0.2, 0) is 17.3 Å². The molecule has 5 rings (SSSR count). The molecule has 0 spiro atoms. The van der Waals surface area contributed by atoms with Crippen molar-refractivity contribution in [3.8, 4) is 11.1 Å². The first kappa shape index (κ1) is 19.1. The van der Waals surface area contributed by atoms with Gasteiger partial charge in [-0.1, -0.05) is 5.16 Å². The summed E-state index contributed by atoms with van der Waals surface area (Å²) in [7, 11) is -1.10. The van der Waals surface area contributed by atoms with Crippen LogP contribution in [0, 0.1) is 19.8 Å². The third-order valence-electron chi connectivity index (χ3n) is 5.99. The largest absolute Gasteiger partial charge is 0.366 e. The first-order chi connectivity index (χ1) is 14.3. The molecule has 1 aliphatic rings. The molecule has 0 saturated heterocycles. The smallest absolute Gasteiger partial charge is 0.250 e. The van der Waals surface area contributed by atoms with Crippen molar-refractivity contribution in [3.05, 3.63) is 47.3 Å². The molecule has 0 bridgehead atoms. The molecule has 1 aliphatic carbocycles. The molecule has 2 heterocycles. The number of hydrogen-bond acceptors (Lipinski definition) is 4. The molecule has 2 aromatic carbocycles. The van der Waals surface area contributed by atoms with Gasteiger partial charge < -0.3 is 14.8 Å². The van der Waals surface area contributed by atoms with E-state index in [1.54, 1.807) is 6.26 Å². The zero-order chi connectivity index (χ0) is 21.2. The van der Waals surface area contributed by atoms with E-state index < -0.39 is 16.7 Å². The van der Waals surface area contributed by atoms with Crippen molar-refractivity contribution in [1.29, 1.82) is 0 Å². The van der Waals surface area contributed by atoms with Crippen LogP contribution in [0.2, 0.25) is 0 Å². The molecule has 2 N–H and O–H groups in total. The summed E-state index contributed by atoms with van der Waals surface area (Å²) in [4.78, 5) is 13.3. The lowest BCUT2D eigenvalue weighted by molar-refractivity contribution is 0.100. The van der Waals surface area contributed by atoms with E-state index in [0.717, 1.165) is 50.1 Å². The van der Waals surface area contributed by atoms with Gasteiger partial charge in [-0.05, 0) is 68.5 Å². The van der Waals surface area contributed by atoms with Crippen molar-refractivity contribution in [2.45, 2.75) is 38.1 Å². The average Bonchev–Trinajstić information content (AvgIpc) is 3.40. The molecule has 1 fully saturated rings. The Hall–Kier alpha value is -2.93. The average molecular weight is 422 g/mol. The SMILES string of the molecule is Cc1noc(C)c1-c1cc(C(N)=O)c2c(c1)c1cc(S(C)=O)ccc1n2CC1CC1. The first-order valence-corrected chi connectivity index (χ1v) is 11.6. The number of amides is 1. The minimum absolute atomic E-state index is 0.465. The molecule has 0 radical (unpaired) electrons. The normalized spacial score (nSPS) is 15.2. The Bertz CT molecular complexity index is 1340. The van der Waals surface area contributed by atoms with Gasteiger partial charge in [-0.15, -0.1) is 0 Å².